The van der Waals surface area contributed by atoms with Crippen LogP contribution in [0.3, 0.4) is 0 Å². The van der Waals surface area contributed by atoms with Crippen LogP contribution in [0.2, 0.25) is 0 Å². The summed E-state index contributed by atoms with van der Waals surface area (Å²) in [6.07, 6.45) is 0. The number of nitrogens with zero attached hydrogens (tertiary/aromatic N) is 2. The maximum Gasteiger partial charge on any atom is 0.315 e. The molecule has 0 bridgehead atoms. The Kier molecular flexibility index (Phi) is 2.76. The van der Waals surface area contributed by atoms with Gasteiger partial charge in [-0.1, -0.05) is 11.2 Å². The van der Waals surface area contributed by atoms with Gasteiger partial charge in [-0.3, -0.25) is 0 Å². The van der Waals surface area contributed by atoms with Crippen LogP contribution in [0.25, 0.3) is 0 Å². The molecule has 0 amide bonds. The number of thiophene rings is 1. The molecule has 0 spiro atoms. The third-order valence-electron chi connectivity index (χ3n) is 1.64. The predicted octanol–water partition coefficient (Wildman–Crippen LogP) is 1.20. The molecule has 14 heavy (non-hydrogen) atoms. The predicted molar refractivity (Wildman–Crippen MR) is 53.8 cm³/mol. The summed E-state index contributed by atoms with van der Waals surface area (Å²) in [6.45, 7) is 0.970. The van der Waals surface area contributed by atoms with Gasteiger partial charge in [0.15, 0.2) is 0 Å². The van der Waals surface area contributed by atoms with Crippen LogP contribution in [0.4, 0.5) is 6.01 Å². The summed E-state index contributed by atoms with van der Waals surface area (Å²) in [6, 6.07) is 4.46. The minimum atomic E-state index is 0.272. The van der Waals surface area contributed by atoms with Gasteiger partial charge in [0.1, 0.15) is 0 Å². The Morgan fingerprint density at radius 3 is 3.07 bits per heavy atom. The van der Waals surface area contributed by atoms with Crippen molar-refractivity contribution in [3.63, 3.8) is 0 Å². The zero-order chi connectivity index (χ0) is 9.80. The van der Waals surface area contributed by atoms with Crippen LogP contribution in [-0.2, 0) is 13.1 Å². The van der Waals surface area contributed by atoms with Crippen LogP contribution in [0.1, 0.15) is 10.8 Å². The summed E-state index contributed by atoms with van der Waals surface area (Å²) < 4.78 is 5.18. The Labute approximate surface area is 85.0 Å². The molecule has 0 radical (unpaired) electrons. The number of aromatic nitrogens is 2. The summed E-state index contributed by atoms with van der Waals surface area (Å²) in [5.74, 6) is 0.443. The first-order chi connectivity index (χ1) is 6.88. The zero-order valence-electron chi connectivity index (χ0n) is 7.43. The van der Waals surface area contributed by atoms with Gasteiger partial charge in [-0.15, -0.1) is 16.4 Å². The molecular formula is C8H10N4OS. The Bertz CT molecular complexity index is 384. The third kappa shape index (κ3) is 2.09. The highest BCUT2D eigenvalue weighted by molar-refractivity contribution is 7.09. The van der Waals surface area contributed by atoms with Crippen molar-refractivity contribution in [1.82, 2.24) is 10.2 Å². The molecule has 2 heterocycles. The van der Waals surface area contributed by atoms with Gasteiger partial charge >= 0.3 is 6.01 Å². The highest BCUT2D eigenvalue weighted by Gasteiger charge is 2.03. The average molecular weight is 210 g/mol. The van der Waals surface area contributed by atoms with E-state index in [0.717, 1.165) is 0 Å². The van der Waals surface area contributed by atoms with Crippen molar-refractivity contribution in [2.45, 2.75) is 13.1 Å². The average Bonchev–Trinajstić information content (AvgIpc) is 2.86. The van der Waals surface area contributed by atoms with Gasteiger partial charge in [0.05, 0.1) is 13.1 Å². The van der Waals surface area contributed by atoms with Crippen LogP contribution >= 0.6 is 11.3 Å². The molecular weight excluding hydrogens is 200 g/mol. The second-order valence-electron chi connectivity index (χ2n) is 2.64. The highest BCUT2D eigenvalue weighted by Crippen LogP contribution is 2.11. The molecule has 0 atom stereocenters. The Morgan fingerprint density at radius 2 is 2.43 bits per heavy atom. The van der Waals surface area contributed by atoms with Crippen LogP contribution in [-0.4, -0.2) is 10.2 Å². The van der Waals surface area contributed by atoms with Crippen molar-refractivity contribution in [3.8, 4) is 0 Å². The number of nitrogens with two attached hydrogens (primary N) is 1. The van der Waals surface area contributed by atoms with Crippen molar-refractivity contribution in [2.24, 2.45) is 5.73 Å². The maximum atomic E-state index is 5.33. The van der Waals surface area contributed by atoms with E-state index in [2.05, 4.69) is 15.5 Å². The lowest BCUT2D eigenvalue weighted by molar-refractivity contribution is 0.507. The largest absolute Gasteiger partial charge is 0.407 e. The monoisotopic (exact) mass is 210 g/mol. The first kappa shape index (κ1) is 9.17. The van der Waals surface area contributed by atoms with E-state index in [9.17, 15) is 0 Å². The first-order valence-corrected chi connectivity index (χ1v) is 5.05. The topological polar surface area (TPSA) is 77.0 Å². The molecule has 0 fully saturated rings. The molecule has 0 saturated carbocycles. The molecule has 2 aromatic rings. The lowest BCUT2D eigenvalue weighted by atomic mass is 10.5. The fraction of sp³-hybridized carbons (Fsp3) is 0.250. The summed E-state index contributed by atoms with van der Waals surface area (Å²) in [5.41, 5.74) is 5.33. The summed E-state index contributed by atoms with van der Waals surface area (Å²) in [7, 11) is 0. The maximum absolute atomic E-state index is 5.33. The van der Waals surface area contributed by atoms with E-state index in [-0.39, 0.29) is 6.54 Å². The van der Waals surface area contributed by atoms with Crippen LogP contribution in [0.5, 0.6) is 0 Å². The van der Waals surface area contributed by atoms with Crippen LogP contribution in [0, 0.1) is 0 Å². The quantitative estimate of drug-likeness (QED) is 0.793. The van der Waals surface area contributed by atoms with Gasteiger partial charge in [0, 0.05) is 4.88 Å². The van der Waals surface area contributed by atoms with Gasteiger partial charge in [-0.05, 0) is 11.4 Å². The normalized spacial score (nSPS) is 10.4. The Morgan fingerprint density at radius 1 is 1.50 bits per heavy atom. The first-order valence-electron chi connectivity index (χ1n) is 4.17. The van der Waals surface area contributed by atoms with E-state index >= 15 is 0 Å². The van der Waals surface area contributed by atoms with Crippen molar-refractivity contribution < 1.29 is 4.42 Å². The van der Waals surface area contributed by atoms with Crippen molar-refractivity contribution in [3.05, 3.63) is 28.3 Å². The van der Waals surface area contributed by atoms with Gasteiger partial charge in [-0.2, -0.15) is 0 Å². The molecule has 0 aliphatic rings. The molecule has 2 rings (SSSR count). The van der Waals surface area contributed by atoms with Crippen molar-refractivity contribution in [1.29, 1.82) is 0 Å². The van der Waals surface area contributed by atoms with Gasteiger partial charge in [0.25, 0.3) is 0 Å². The fourth-order valence-corrected chi connectivity index (χ4v) is 1.63. The summed E-state index contributed by atoms with van der Waals surface area (Å²) in [5, 5.41) is 12.6. The standard InChI is InChI=1S/C8H10N4OS/c9-4-7-11-12-8(13-7)10-5-6-2-1-3-14-6/h1-3H,4-5,9H2,(H,10,12). The van der Waals surface area contributed by atoms with Crippen molar-refractivity contribution >= 4 is 17.4 Å². The minimum Gasteiger partial charge on any atom is -0.407 e. The molecule has 74 valence electrons. The van der Waals surface area contributed by atoms with E-state index in [1.54, 1.807) is 11.3 Å². The summed E-state index contributed by atoms with van der Waals surface area (Å²) in [4.78, 5) is 1.22. The van der Waals surface area contributed by atoms with Gasteiger partial charge < -0.3 is 15.5 Å². The molecule has 0 aromatic carbocycles. The number of nitrogens with one attached hydrogen (secondary N) is 1. The van der Waals surface area contributed by atoms with E-state index in [0.29, 0.717) is 18.5 Å². The molecule has 6 heteroatoms. The summed E-state index contributed by atoms with van der Waals surface area (Å²) >= 11 is 1.68. The van der Waals surface area contributed by atoms with Crippen LogP contribution in [0.15, 0.2) is 21.9 Å². The van der Waals surface area contributed by atoms with E-state index < -0.39 is 0 Å². The molecule has 0 aliphatic carbocycles. The molecule has 0 unspecified atom stereocenters. The Hall–Kier alpha value is -1.40. The van der Waals surface area contributed by atoms with Gasteiger partial charge in [-0.25, -0.2) is 0 Å². The van der Waals surface area contributed by atoms with E-state index in [4.69, 9.17) is 10.2 Å². The number of hydrogen-bond acceptors (Lipinski definition) is 6. The second kappa shape index (κ2) is 4.21. The highest BCUT2D eigenvalue weighted by atomic mass is 32.1. The number of rotatable bonds is 4. The van der Waals surface area contributed by atoms with E-state index in [1.165, 1.54) is 4.88 Å². The number of hydrogen-bond donors (Lipinski definition) is 2. The van der Waals surface area contributed by atoms with Crippen LogP contribution < -0.4 is 11.1 Å². The molecule has 5 nitrogen and oxygen atoms in total. The van der Waals surface area contributed by atoms with Crippen molar-refractivity contribution in [2.75, 3.05) is 5.32 Å². The van der Waals surface area contributed by atoms with Gasteiger partial charge in [0.2, 0.25) is 5.89 Å². The molecule has 0 aliphatic heterocycles. The second-order valence-corrected chi connectivity index (χ2v) is 3.67. The SMILES string of the molecule is NCc1nnc(NCc2cccs2)o1. The lowest BCUT2D eigenvalue weighted by Crippen LogP contribution is -1.97. The molecule has 0 saturated heterocycles. The van der Waals surface area contributed by atoms with E-state index in [1.807, 2.05) is 17.5 Å². The zero-order valence-corrected chi connectivity index (χ0v) is 8.25. The molecule has 3 N–H and O–H groups in total. The fourth-order valence-electron chi connectivity index (χ4n) is 0.983. The smallest absolute Gasteiger partial charge is 0.315 e. The third-order valence-corrected chi connectivity index (χ3v) is 2.51. The Balaban J connectivity index is 1.92. The lowest BCUT2D eigenvalue weighted by Gasteiger charge is -1.96. The number of anilines is 1. The minimum absolute atomic E-state index is 0.272. The molecule has 2 aromatic heterocycles.